The van der Waals surface area contributed by atoms with E-state index in [0.717, 1.165) is 11.1 Å². The Kier molecular flexibility index (Phi) is 3.99. The number of rotatable bonds is 2. The number of hydrogen-bond donors (Lipinski definition) is 0. The number of carbonyl (C=O) groups is 1. The second kappa shape index (κ2) is 5.19. The summed E-state index contributed by atoms with van der Waals surface area (Å²) in [6.07, 6.45) is -0.0849. The van der Waals surface area contributed by atoms with Gasteiger partial charge in [-0.05, 0) is 31.7 Å². The molecule has 1 atom stereocenters. The summed E-state index contributed by atoms with van der Waals surface area (Å²) in [6.45, 7) is 7.13. The molecule has 1 aliphatic rings. The van der Waals surface area contributed by atoms with Crippen molar-refractivity contribution in [3.05, 3.63) is 21.9 Å². The van der Waals surface area contributed by atoms with E-state index in [1.807, 2.05) is 36.4 Å². The molecule has 1 aromatic rings. The van der Waals surface area contributed by atoms with Crippen LogP contribution in [-0.2, 0) is 4.74 Å². The maximum absolute atomic E-state index is 12.5. The molecule has 1 aromatic heterocycles. The van der Waals surface area contributed by atoms with Crippen LogP contribution in [0, 0.1) is 6.92 Å². The molecule has 0 N–H and O–H groups in total. The Hall–Kier alpha value is -0.580. The number of thiophene rings is 1. The molecule has 0 aromatic carbocycles. The molecule has 18 heavy (non-hydrogen) atoms. The van der Waals surface area contributed by atoms with E-state index in [1.165, 1.54) is 0 Å². The molecule has 1 fully saturated rings. The lowest BCUT2D eigenvalue weighted by Gasteiger charge is -2.42. The van der Waals surface area contributed by atoms with Crippen LogP contribution in [0.2, 0.25) is 0 Å². The highest BCUT2D eigenvalue weighted by Crippen LogP contribution is 2.24. The Bertz CT molecular complexity index is 444. The highest BCUT2D eigenvalue weighted by molar-refractivity contribution is 7.08. The van der Waals surface area contributed by atoms with E-state index in [4.69, 9.17) is 16.3 Å². The molecule has 2 rings (SSSR count). The Morgan fingerprint density at radius 1 is 1.61 bits per heavy atom. The fourth-order valence-corrected chi connectivity index (χ4v) is 3.26. The zero-order valence-electron chi connectivity index (χ0n) is 10.9. The Morgan fingerprint density at radius 2 is 2.33 bits per heavy atom. The molecule has 0 aliphatic carbocycles. The van der Waals surface area contributed by atoms with Crippen LogP contribution in [0.4, 0.5) is 0 Å². The van der Waals surface area contributed by atoms with Gasteiger partial charge in [-0.25, -0.2) is 0 Å². The van der Waals surface area contributed by atoms with E-state index in [9.17, 15) is 4.79 Å². The zero-order valence-corrected chi connectivity index (χ0v) is 12.5. The topological polar surface area (TPSA) is 29.5 Å². The number of ether oxygens (including phenoxy) is 1. The highest BCUT2D eigenvalue weighted by Gasteiger charge is 2.35. The van der Waals surface area contributed by atoms with Crippen molar-refractivity contribution in [2.75, 3.05) is 19.0 Å². The molecule has 2 heterocycles. The second-order valence-corrected chi connectivity index (χ2v) is 6.36. The molecule has 1 unspecified atom stereocenters. The first-order chi connectivity index (χ1) is 8.43. The van der Waals surface area contributed by atoms with Gasteiger partial charge in [0.2, 0.25) is 0 Å². The molecule has 1 aliphatic heterocycles. The summed E-state index contributed by atoms with van der Waals surface area (Å²) in [4.78, 5) is 14.3. The monoisotopic (exact) mass is 287 g/mol. The van der Waals surface area contributed by atoms with Gasteiger partial charge in [-0.3, -0.25) is 4.79 Å². The van der Waals surface area contributed by atoms with Gasteiger partial charge in [0.25, 0.3) is 5.91 Å². The summed E-state index contributed by atoms with van der Waals surface area (Å²) in [5, 5.41) is 3.91. The van der Waals surface area contributed by atoms with E-state index in [0.29, 0.717) is 19.0 Å². The molecule has 5 heteroatoms. The average molecular weight is 288 g/mol. The van der Waals surface area contributed by atoms with Crippen molar-refractivity contribution in [1.82, 2.24) is 4.90 Å². The van der Waals surface area contributed by atoms with Crippen LogP contribution in [0.1, 0.15) is 29.8 Å². The first kappa shape index (κ1) is 13.8. The van der Waals surface area contributed by atoms with Crippen molar-refractivity contribution in [2.24, 2.45) is 0 Å². The third-order valence-electron chi connectivity index (χ3n) is 3.03. The second-order valence-electron chi connectivity index (χ2n) is 5.31. The first-order valence-electron chi connectivity index (χ1n) is 5.99. The molecular formula is C13H18ClNO2S. The number of alkyl halides is 1. The van der Waals surface area contributed by atoms with Gasteiger partial charge in [0.1, 0.15) is 0 Å². The number of morpholine rings is 1. The third-order valence-corrected chi connectivity index (χ3v) is 4.23. The summed E-state index contributed by atoms with van der Waals surface area (Å²) in [5.74, 6) is 0.496. The quantitative estimate of drug-likeness (QED) is 0.783. The van der Waals surface area contributed by atoms with Gasteiger partial charge < -0.3 is 9.64 Å². The number of carbonyl (C=O) groups excluding carboxylic acids is 1. The number of amides is 1. The zero-order chi connectivity index (χ0) is 13.3. The molecule has 0 spiro atoms. The predicted octanol–water partition coefficient (Wildman–Crippen LogP) is 2.91. The summed E-state index contributed by atoms with van der Waals surface area (Å²) in [6, 6.07) is 0. The van der Waals surface area contributed by atoms with E-state index in [2.05, 4.69) is 0 Å². The van der Waals surface area contributed by atoms with E-state index in [-0.39, 0.29) is 17.6 Å². The number of halogens is 1. The smallest absolute Gasteiger partial charge is 0.255 e. The number of nitrogens with zero attached hydrogens (tertiary/aromatic N) is 1. The van der Waals surface area contributed by atoms with Crippen molar-refractivity contribution >= 4 is 28.8 Å². The third kappa shape index (κ3) is 2.87. The minimum atomic E-state index is -0.336. The van der Waals surface area contributed by atoms with Crippen molar-refractivity contribution in [1.29, 1.82) is 0 Å². The van der Waals surface area contributed by atoms with Crippen LogP contribution < -0.4 is 0 Å². The standard InChI is InChI=1S/C13H18ClNO2S/c1-9-6-18-7-11(9)12(16)15-5-10(4-14)17-13(2,3)8-15/h6-7,10H,4-5,8H2,1-3H3. The average Bonchev–Trinajstić information content (AvgIpc) is 2.72. The molecule has 0 saturated carbocycles. The van der Waals surface area contributed by atoms with E-state index in [1.54, 1.807) is 11.3 Å². The van der Waals surface area contributed by atoms with Gasteiger partial charge in [-0.15, -0.1) is 11.6 Å². The minimum absolute atomic E-state index is 0.0836. The lowest BCUT2D eigenvalue weighted by atomic mass is 10.0. The largest absolute Gasteiger partial charge is 0.367 e. The lowest BCUT2D eigenvalue weighted by molar-refractivity contribution is -0.117. The molecule has 1 amide bonds. The van der Waals surface area contributed by atoms with Crippen LogP contribution in [0.25, 0.3) is 0 Å². The molecule has 100 valence electrons. The van der Waals surface area contributed by atoms with Crippen LogP contribution >= 0.6 is 22.9 Å². The van der Waals surface area contributed by atoms with Crippen molar-refractivity contribution in [3.63, 3.8) is 0 Å². The predicted molar refractivity (Wildman–Crippen MR) is 74.6 cm³/mol. The number of aryl methyl sites for hydroxylation is 1. The summed E-state index contributed by atoms with van der Waals surface area (Å²) < 4.78 is 5.83. The lowest BCUT2D eigenvalue weighted by Crippen LogP contribution is -2.55. The van der Waals surface area contributed by atoms with Crippen molar-refractivity contribution in [2.45, 2.75) is 32.5 Å². The molecule has 0 bridgehead atoms. The van der Waals surface area contributed by atoms with Crippen LogP contribution in [0.5, 0.6) is 0 Å². The van der Waals surface area contributed by atoms with Crippen LogP contribution in [-0.4, -0.2) is 41.5 Å². The van der Waals surface area contributed by atoms with Crippen LogP contribution in [0.3, 0.4) is 0 Å². The van der Waals surface area contributed by atoms with E-state index < -0.39 is 0 Å². The van der Waals surface area contributed by atoms with Crippen LogP contribution in [0.15, 0.2) is 10.8 Å². The van der Waals surface area contributed by atoms with Crippen molar-refractivity contribution < 1.29 is 9.53 Å². The number of hydrogen-bond acceptors (Lipinski definition) is 3. The molecule has 3 nitrogen and oxygen atoms in total. The molecular weight excluding hydrogens is 270 g/mol. The summed E-state index contributed by atoms with van der Waals surface area (Å²) in [7, 11) is 0. The van der Waals surface area contributed by atoms with Gasteiger partial charge in [-0.1, -0.05) is 0 Å². The highest BCUT2D eigenvalue weighted by atomic mass is 35.5. The maximum atomic E-state index is 12.5. The van der Waals surface area contributed by atoms with Gasteiger partial charge >= 0.3 is 0 Å². The minimum Gasteiger partial charge on any atom is -0.367 e. The van der Waals surface area contributed by atoms with Gasteiger partial charge in [-0.2, -0.15) is 11.3 Å². The molecule has 0 radical (unpaired) electrons. The van der Waals surface area contributed by atoms with Gasteiger partial charge in [0, 0.05) is 18.5 Å². The van der Waals surface area contributed by atoms with E-state index >= 15 is 0 Å². The maximum Gasteiger partial charge on any atom is 0.255 e. The Balaban J connectivity index is 2.17. The fraction of sp³-hybridized carbons (Fsp3) is 0.615. The van der Waals surface area contributed by atoms with Gasteiger partial charge in [0.05, 0.1) is 23.1 Å². The SMILES string of the molecule is Cc1cscc1C(=O)N1CC(CCl)OC(C)(C)C1. The summed E-state index contributed by atoms with van der Waals surface area (Å²) in [5.41, 5.74) is 1.50. The summed E-state index contributed by atoms with van der Waals surface area (Å²) >= 11 is 7.43. The Labute approximate surface area is 117 Å². The Morgan fingerprint density at radius 3 is 2.89 bits per heavy atom. The fourth-order valence-electron chi connectivity index (χ4n) is 2.28. The first-order valence-corrected chi connectivity index (χ1v) is 7.46. The van der Waals surface area contributed by atoms with Gasteiger partial charge in [0.15, 0.2) is 0 Å². The normalized spacial score (nSPS) is 23.1. The molecule has 1 saturated heterocycles. The van der Waals surface area contributed by atoms with Crippen molar-refractivity contribution in [3.8, 4) is 0 Å².